The van der Waals surface area contributed by atoms with E-state index in [0.29, 0.717) is 24.3 Å². The zero-order chi connectivity index (χ0) is 15.4. The highest BCUT2D eigenvalue weighted by Gasteiger charge is 2.30. The molecule has 0 saturated carbocycles. The SMILES string of the molecule is COc1ccc(F)cc1C(C)NC(=O)C1CC(OC)CN1. The second kappa shape index (κ2) is 6.87. The lowest BCUT2D eigenvalue weighted by molar-refractivity contribution is -0.123. The molecule has 3 atom stereocenters. The van der Waals surface area contributed by atoms with E-state index in [4.69, 9.17) is 9.47 Å². The Morgan fingerprint density at radius 1 is 1.48 bits per heavy atom. The van der Waals surface area contributed by atoms with Crippen molar-refractivity contribution in [3.8, 4) is 5.75 Å². The van der Waals surface area contributed by atoms with Crippen LogP contribution in [0.4, 0.5) is 4.39 Å². The van der Waals surface area contributed by atoms with Gasteiger partial charge in [0.25, 0.3) is 0 Å². The third-order valence-electron chi connectivity index (χ3n) is 3.76. The highest BCUT2D eigenvalue weighted by Crippen LogP contribution is 2.26. The highest BCUT2D eigenvalue weighted by atomic mass is 19.1. The molecule has 1 aromatic rings. The first-order valence-corrected chi connectivity index (χ1v) is 6.95. The first-order chi connectivity index (χ1) is 10.0. The molecule has 0 radical (unpaired) electrons. The number of ether oxygens (including phenoxy) is 2. The Balaban J connectivity index is 2.02. The number of carbonyl (C=O) groups is 1. The van der Waals surface area contributed by atoms with Gasteiger partial charge in [0, 0.05) is 19.2 Å². The molecular formula is C15H21FN2O3. The summed E-state index contributed by atoms with van der Waals surface area (Å²) in [7, 11) is 3.15. The van der Waals surface area contributed by atoms with Gasteiger partial charge < -0.3 is 20.1 Å². The smallest absolute Gasteiger partial charge is 0.237 e. The van der Waals surface area contributed by atoms with E-state index in [1.54, 1.807) is 20.1 Å². The second-order valence-electron chi connectivity index (χ2n) is 5.17. The van der Waals surface area contributed by atoms with Crippen LogP contribution in [-0.4, -0.2) is 38.8 Å². The van der Waals surface area contributed by atoms with Crippen LogP contribution in [0.2, 0.25) is 0 Å². The van der Waals surface area contributed by atoms with Gasteiger partial charge in [-0.25, -0.2) is 4.39 Å². The summed E-state index contributed by atoms with van der Waals surface area (Å²) in [6.45, 7) is 2.46. The molecule has 1 heterocycles. The van der Waals surface area contributed by atoms with Crippen molar-refractivity contribution in [2.45, 2.75) is 31.5 Å². The Morgan fingerprint density at radius 2 is 2.24 bits per heavy atom. The van der Waals surface area contributed by atoms with Gasteiger partial charge in [0.05, 0.1) is 25.3 Å². The zero-order valence-corrected chi connectivity index (χ0v) is 12.5. The van der Waals surface area contributed by atoms with Crippen LogP contribution in [0.3, 0.4) is 0 Å². The maximum absolute atomic E-state index is 13.4. The summed E-state index contributed by atoms with van der Waals surface area (Å²) in [5.41, 5.74) is 0.618. The molecule has 1 aromatic carbocycles. The predicted octanol–water partition coefficient (Wildman–Crippen LogP) is 1.39. The van der Waals surface area contributed by atoms with Crippen LogP contribution in [0.15, 0.2) is 18.2 Å². The summed E-state index contributed by atoms with van der Waals surface area (Å²) in [5.74, 6) is 0.0806. The van der Waals surface area contributed by atoms with Crippen molar-refractivity contribution >= 4 is 5.91 Å². The Bertz CT molecular complexity index is 510. The van der Waals surface area contributed by atoms with Gasteiger partial charge in [-0.05, 0) is 31.5 Å². The Hall–Kier alpha value is -1.66. The Morgan fingerprint density at radius 3 is 2.86 bits per heavy atom. The van der Waals surface area contributed by atoms with Gasteiger partial charge >= 0.3 is 0 Å². The molecule has 3 unspecified atom stereocenters. The lowest BCUT2D eigenvalue weighted by Gasteiger charge is -2.19. The first-order valence-electron chi connectivity index (χ1n) is 6.95. The standard InChI is InChI=1S/C15H21FN2O3/c1-9(12-6-10(16)4-5-14(12)21-3)18-15(19)13-7-11(20-2)8-17-13/h4-6,9,11,13,17H,7-8H2,1-3H3,(H,18,19). The summed E-state index contributed by atoms with van der Waals surface area (Å²) in [6.07, 6.45) is 0.690. The normalized spacial score (nSPS) is 22.9. The summed E-state index contributed by atoms with van der Waals surface area (Å²) < 4.78 is 23.8. The van der Waals surface area contributed by atoms with Crippen LogP contribution < -0.4 is 15.4 Å². The number of carbonyl (C=O) groups excluding carboxylic acids is 1. The highest BCUT2D eigenvalue weighted by molar-refractivity contribution is 5.82. The van der Waals surface area contributed by atoms with Crippen LogP contribution in [0.1, 0.15) is 24.9 Å². The summed E-state index contributed by atoms with van der Waals surface area (Å²) >= 11 is 0. The number of halogens is 1. The molecule has 1 fully saturated rings. The van der Waals surface area contributed by atoms with Crippen molar-refractivity contribution in [1.82, 2.24) is 10.6 Å². The van der Waals surface area contributed by atoms with E-state index in [2.05, 4.69) is 10.6 Å². The number of methoxy groups -OCH3 is 2. The Labute approximate surface area is 123 Å². The fourth-order valence-electron chi connectivity index (χ4n) is 2.52. The van der Waals surface area contributed by atoms with Crippen molar-refractivity contribution in [2.75, 3.05) is 20.8 Å². The van der Waals surface area contributed by atoms with Crippen molar-refractivity contribution < 1.29 is 18.7 Å². The third-order valence-corrected chi connectivity index (χ3v) is 3.76. The minimum absolute atomic E-state index is 0.0553. The molecule has 2 N–H and O–H groups in total. The van der Waals surface area contributed by atoms with Gasteiger partial charge in [0.1, 0.15) is 11.6 Å². The van der Waals surface area contributed by atoms with Crippen molar-refractivity contribution in [2.24, 2.45) is 0 Å². The molecule has 6 heteroatoms. The minimum Gasteiger partial charge on any atom is -0.496 e. The van der Waals surface area contributed by atoms with Crippen LogP contribution in [0.25, 0.3) is 0 Å². The van der Waals surface area contributed by atoms with Crippen LogP contribution >= 0.6 is 0 Å². The number of benzene rings is 1. The molecule has 1 saturated heterocycles. The molecule has 2 rings (SSSR count). The minimum atomic E-state index is -0.356. The van der Waals surface area contributed by atoms with E-state index in [1.807, 2.05) is 0 Å². The van der Waals surface area contributed by atoms with Crippen LogP contribution in [0.5, 0.6) is 5.75 Å². The monoisotopic (exact) mass is 296 g/mol. The van der Waals surface area contributed by atoms with E-state index in [-0.39, 0.29) is 29.9 Å². The zero-order valence-electron chi connectivity index (χ0n) is 12.5. The van der Waals surface area contributed by atoms with Crippen LogP contribution in [0, 0.1) is 5.82 Å². The van der Waals surface area contributed by atoms with Gasteiger partial charge in [-0.3, -0.25) is 4.79 Å². The number of hydrogen-bond donors (Lipinski definition) is 2. The van der Waals surface area contributed by atoms with E-state index in [1.165, 1.54) is 19.2 Å². The number of rotatable bonds is 5. The fourth-order valence-corrected chi connectivity index (χ4v) is 2.52. The maximum atomic E-state index is 13.4. The summed E-state index contributed by atoms with van der Waals surface area (Å²) in [4.78, 5) is 12.2. The molecule has 1 amide bonds. The number of amides is 1. The lowest BCUT2D eigenvalue weighted by atomic mass is 10.1. The fraction of sp³-hybridized carbons (Fsp3) is 0.533. The largest absolute Gasteiger partial charge is 0.496 e. The number of hydrogen-bond acceptors (Lipinski definition) is 4. The van der Waals surface area contributed by atoms with Gasteiger partial charge in [0.15, 0.2) is 0 Å². The molecule has 0 bridgehead atoms. The average molecular weight is 296 g/mol. The van der Waals surface area contributed by atoms with E-state index in [0.717, 1.165) is 0 Å². The molecule has 0 aromatic heterocycles. The molecule has 5 nitrogen and oxygen atoms in total. The lowest BCUT2D eigenvalue weighted by Crippen LogP contribution is -2.41. The predicted molar refractivity (Wildman–Crippen MR) is 76.7 cm³/mol. The maximum Gasteiger partial charge on any atom is 0.237 e. The van der Waals surface area contributed by atoms with Crippen molar-refractivity contribution in [3.05, 3.63) is 29.6 Å². The summed E-state index contributed by atoms with van der Waals surface area (Å²) in [6, 6.07) is 3.65. The van der Waals surface area contributed by atoms with Crippen molar-refractivity contribution in [3.63, 3.8) is 0 Å². The van der Waals surface area contributed by atoms with Crippen LogP contribution in [-0.2, 0) is 9.53 Å². The quantitative estimate of drug-likeness (QED) is 0.862. The third kappa shape index (κ3) is 3.71. The first kappa shape index (κ1) is 15.7. The van der Waals surface area contributed by atoms with Gasteiger partial charge in [-0.2, -0.15) is 0 Å². The van der Waals surface area contributed by atoms with Crippen molar-refractivity contribution in [1.29, 1.82) is 0 Å². The van der Waals surface area contributed by atoms with Gasteiger partial charge in [-0.15, -0.1) is 0 Å². The number of nitrogens with one attached hydrogen (secondary N) is 2. The second-order valence-corrected chi connectivity index (χ2v) is 5.17. The summed E-state index contributed by atoms with van der Waals surface area (Å²) in [5, 5.41) is 5.99. The average Bonchev–Trinajstić information content (AvgIpc) is 2.96. The van der Waals surface area contributed by atoms with E-state index < -0.39 is 0 Å². The van der Waals surface area contributed by atoms with E-state index >= 15 is 0 Å². The van der Waals surface area contributed by atoms with Gasteiger partial charge in [0.2, 0.25) is 5.91 Å². The molecule has 0 spiro atoms. The molecule has 1 aliphatic heterocycles. The molecule has 21 heavy (non-hydrogen) atoms. The molecule has 116 valence electrons. The molecule has 0 aliphatic carbocycles. The molecular weight excluding hydrogens is 275 g/mol. The van der Waals surface area contributed by atoms with E-state index in [9.17, 15) is 9.18 Å². The molecule has 1 aliphatic rings. The Kier molecular flexibility index (Phi) is 5.14. The van der Waals surface area contributed by atoms with Gasteiger partial charge in [-0.1, -0.05) is 0 Å². The topological polar surface area (TPSA) is 59.6 Å².